The van der Waals surface area contributed by atoms with Crippen LogP contribution in [-0.4, -0.2) is 50.3 Å². The molecule has 1 unspecified atom stereocenters. The van der Waals surface area contributed by atoms with E-state index in [1.807, 2.05) is 30.5 Å². The summed E-state index contributed by atoms with van der Waals surface area (Å²) in [6.45, 7) is 1.45. The maximum absolute atomic E-state index is 12.8. The van der Waals surface area contributed by atoms with Gasteiger partial charge in [-0.2, -0.15) is 0 Å². The Labute approximate surface area is 167 Å². The maximum atomic E-state index is 12.8. The molecule has 4 aromatic rings. The molecule has 3 aromatic heterocycles. The zero-order valence-electron chi connectivity index (χ0n) is 15.7. The number of amides is 1. The fraction of sp³-hybridized carbons (Fsp3) is 0.182. The molecular weight excluding hydrogens is 366 g/mol. The number of fused-ring (bicyclic) bond motifs is 1. The second-order valence-electron chi connectivity index (χ2n) is 6.93. The monoisotopic (exact) mass is 385 g/mol. The van der Waals surface area contributed by atoms with Crippen LogP contribution in [-0.2, 0) is 4.74 Å². The summed E-state index contributed by atoms with van der Waals surface area (Å²) < 4.78 is 7.71. The van der Waals surface area contributed by atoms with Gasteiger partial charge in [-0.25, -0.2) is 4.52 Å². The smallest absolute Gasteiger partial charge is 0.254 e. The summed E-state index contributed by atoms with van der Waals surface area (Å²) in [5, 5.41) is 8.64. The molecule has 29 heavy (non-hydrogen) atoms. The molecule has 0 N–H and O–H groups in total. The minimum absolute atomic E-state index is 0.0245. The van der Waals surface area contributed by atoms with E-state index in [1.165, 1.54) is 0 Å². The minimum Gasteiger partial charge on any atom is -0.368 e. The third-order valence-corrected chi connectivity index (χ3v) is 5.13. The Hall–Kier alpha value is -3.58. The highest BCUT2D eigenvalue weighted by Crippen LogP contribution is 2.27. The molecule has 7 nitrogen and oxygen atoms in total. The number of aromatic nitrogens is 4. The predicted octanol–water partition coefficient (Wildman–Crippen LogP) is 3.01. The van der Waals surface area contributed by atoms with Gasteiger partial charge in [-0.1, -0.05) is 41.6 Å². The number of rotatable bonds is 3. The summed E-state index contributed by atoms with van der Waals surface area (Å²) >= 11 is 0. The number of nitrogens with zero attached hydrogens (tertiary/aromatic N) is 5. The molecule has 144 valence electrons. The summed E-state index contributed by atoms with van der Waals surface area (Å²) in [7, 11) is 0. The molecule has 0 bridgehead atoms. The van der Waals surface area contributed by atoms with Crippen molar-refractivity contribution in [3.8, 4) is 11.1 Å². The second kappa shape index (κ2) is 7.44. The second-order valence-corrected chi connectivity index (χ2v) is 6.93. The summed E-state index contributed by atoms with van der Waals surface area (Å²) in [6, 6.07) is 17.7. The molecule has 7 heteroatoms. The van der Waals surface area contributed by atoms with Gasteiger partial charge in [-0.05, 0) is 23.8 Å². The molecule has 0 spiro atoms. The van der Waals surface area contributed by atoms with Crippen molar-refractivity contribution in [1.82, 2.24) is 24.7 Å². The Kier molecular flexibility index (Phi) is 4.50. The van der Waals surface area contributed by atoms with Crippen LogP contribution in [0.25, 0.3) is 16.6 Å². The normalized spacial score (nSPS) is 16.8. The molecule has 4 heterocycles. The fourth-order valence-corrected chi connectivity index (χ4v) is 3.62. The minimum atomic E-state index is -0.311. The van der Waals surface area contributed by atoms with Gasteiger partial charge in [0.1, 0.15) is 11.8 Å². The molecule has 1 aliphatic rings. The van der Waals surface area contributed by atoms with Crippen LogP contribution in [0.3, 0.4) is 0 Å². The fourth-order valence-electron chi connectivity index (χ4n) is 3.62. The van der Waals surface area contributed by atoms with Crippen molar-refractivity contribution in [3.05, 3.63) is 84.4 Å². The summed E-state index contributed by atoms with van der Waals surface area (Å²) in [5.41, 5.74) is 4.44. The first kappa shape index (κ1) is 17.5. The quantitative estimate of drug-likeness (QED) is 0.542. The van der Waals surface area contributed by atoms with Crippen molar-refractivity contribution in [3.63, 3.8) is 0 Å². The van der Waals surface area contributed by atoms with E-state index < -0.39 is 0 Å². The number of hydrogen-bond acceptors (Lipinski definition) is 5. The summed E-state index contributed by atoms with van der Waals surface area (Å²) in [6.07, 6.45) is 4.91. The van der Waals surface area contributed by atoms with Crippen LogP contribution in [0, 0.1) is 0 Å². The topological polar surface area (TPSA) is 72.6 Å². The van der Waals surface area contributed by atoms with Crippen LogP contribution in [0.15, 0.2) is 73.2 Å². The standard InChI is InChI=1S/C22H19N5O2/c28-22(17-8-10-23-11-9-17)26-12-13-29-20(15-26)21-19-7-6-18(14-27(19)25-24-21)16-4-2-1-3-5-16/h1-11,14,20H,12-13,15H2. The molecule has 1 aromatic carbocycles. The highest BCUT2D eigenvalue weighted by Gasteiger charge is 2.29. The Morgan fingerprint density at radius 3 is 2.66 bits per heavy atom. The number of benzene rings is 1. The van der Waals surface area contributed by atoms with Crippen molar-refractivity contribution in [2.24, 2.45) is 0 Å². The van der Waals surface area contributed by atoms with Crippen molar-refractivity contribution in [1.29, 1.82) is 0 Å². The lowest BCUT2D eigenvalue weighted by atomic mass is 10.1. The van der Waals surface area contributed by atoms with Gasteiger partial charge in [-0.15, -0.1) is 5.10 Å². The van der Waals surface area contributed by atoms with E-state index in [-0.39, 0.29) is 12.0 Å². The molecule has 1 saturated heterocycles. The third kappa shape index (κ3) is 3.36. The average molecular weight is 385 g/mol. The van der Waals surface area contributed by atoms with Crippen LogP contribution in [0.2, 0.25) is 0 Å². The van der Waals surface area contributed by atoms with Crippen molar-refractivity contribution < 1.29 is 9.53 Å². The molecule has 0 radical (unpaired) electrons. The van der Waals surface area contributed by atoms with Gasteiger partial charge in [0.25, 0.3) is 5.91 Å². The lowest BCUT2D eigenvalue weighted by Crippen LogP contribution is -2.42. The number of morpholine rings is 1. The van der Waals surface area contributed by atoms with Gasteiger partial charge in [0.15, 0.2) is 0 Å². The van der Waals surface area contributed by atoms with Crippen LogP contribution < -0.4 is 0 Å². The van der Waals surface area contributed by atoms with Crippen molar-refractivity contribution in [2.45, 2.75) is 6.10 Å². The molecule has 1 fully saturated rings. The van der Waals surface area contributed by atoms with Gasteiger partial charge in [0, 0.05) is 36.3 Å². The lowest BCUT2D eigenvalue weighted by Gasteiger charge is -2.32. The highest BCUT2D eigenvalue weighted by atomic mass is 16.5. The number of pyridine rings is 2. The Morgan fingerprint density at radius 1 is 1.00 bits per heavy atom. The summed E-state index contributed by atoms with van der Waals surface area (Å²) in [4.78, 5) is 18.6. The lowest BCUT2D eigenvalue weighted by molar-refractivity contribution is -0.0241. The van der Waals surface area contributed by atoms with E-state index in [0.29, 0.717) is 25.3 Å². The van der Waals surface area contributed by atoms with E-state index >= 15 is 0 Å². The summed E-state index contributed by atoms with van der Waals surface area (Å²) in [5.74, 6) is -0.0245. The molecule has 0 aliphatic carbocycles. The van der Waals surface area contributed by atoms with Gasteiger partial charge in [0.05, 0.1) is 18.7 Å². The highest BCUT2D eigenvalue weighted by molar-refractivity contribution is 5.94. The number of carbonyl (C=O) groups excluding carboxylic acids is 1. The Balaban J connectivity index is 1.41. The molecule has 5 rings (SSSR count). The van der Waals surface area contributed by atoms with Gasteiger partial charge in [0.2, 0.25) is 0 Å². The third-order valence-electron chi connectivity index (χ3n) is 5.13. The first-order chi connectivity index (χ1) is 14.3. The van der Waals surface area contributed by atoms with E-state index in [0.717, 1.165) is 22.3 Å². The number of hydrogen-bond donors (Lipinski definition) is 0. The van der Waals surface area contributed by atoms with E-state index in [4.69, 9.17) is 4.74 Å². The van der Waals surface area contributed by atoms with Crippen LogP contribution in [0.4, 0.5) is 0 Å². The van der Waals surface area contributed by atoms with Crippen molar-refractivity contribution in [2.75, 3.05) is 19.7 Å². The van der Waals surface area contributed by atoms with Crippen LogP contribution in [0.1, 0.15) is 22.2 Å². The first-order valence-electron chi connectivity index (χ1n) is 9.51. The molecule has 1 atom stereocenters. The average Bonchev–Trinajstić information content (AvgIpc) is 3.23. The zero-order chi connectivity index (χ0) is 19.6. The molecule has 1 amide bonds. The van der Waals surface area contributed by atoms with Gasteiger partial charge in [-0.3, -0.25) is 9.78 Å². The molecular formula is C22H19N5O2. The Bertz CT molecular complexity index is 1140. The van der Waals surface area contributed by atoms with Crippen molar-refractivity contribution >= 4 is 11.4 Å². The number of carbonyl (C=O) groups is 1. The first-order valence-corrected chi connectivity index (χ1v) is 9.51. The van der Waals surface area contributed by atoms with Crippen LogP contribution in [0.5, 0.6) is 0 Å². The Morgan fingerprint density at radius 2 is 1.83 bits per heavy atom. The van der Waals surface area contributed by atoms with Crippen LogP contribution >= 0.6 is 0 Å². The number of ether oxygens (including phenoxy) is 1. The molecule has 1 aliphatic heterocycles. The maximum Gasteiger partial charge on any atom is 0.254 e. The van der Waals surface area contributed by atoms with Gasteiger partial charge < -0.3 is 9.64 Å². The predicted molar refractivity (Wildman–Crippen MR) is 107 cm³/mol. The largest absolute Gasteiger partial charge is 0.368 e. The SMILES string of the molecule is O=C(c1ccncc1)N1CCOC(c2nnn3cc(-c4ccccc4)ccc23)C1. The van der Waals surface area contributed by atoms with Gasteiger partial charge >= 0.3 is 0 Å². The molecule has 0 saturated carbocycles. The van der Waals surface area contributed by atoms with E-state index in [1.54, 1.807) is 33.9 Å². The van der Waals surface area contributed by atoms with E-state index in [9.17, 15) is 4.79 Å². The zero-order valence-corrected chi connectivity index (χ0v) is 15.7. The van der Waals surface area contributed by atoms with E-state index in [2.05, 4.69) is 33.5 Å².